The van der Waals surface area contributed by atoms with Crippen molar-refractivity contribution in [2.75, 3.05) is 0 Å². The molecule has 2 aromatic rings. The first kappa shape index (κ1) is 11.8. The van der Waals surface area contributed by atoms with Crippen LogP contribution in [0.5, 0.6) is 0 Å². The monoisotopic (exact) mass is 276 g/mol. The Labute approximate surface area is 113 Å². The normalized spacial score (nSPS) is 14.6. The molecule has 2 nitrogen and oxygen atoms in total. The second-order valence-electron chi connectivity index (χ2n) is 5.43. The second kappa shape index (κ2) is 3.62. The van der Waals surface area contributed by atoms with E-state index in [4.69, 9.17) is 0 Å². The Kier molecular flexibility index (Phi) is 2.37. The fourth-order valence-corrected chi connectivity index (χ4v) is 4.02. The number of thiophene rings is 2. The van der Waals surface area contributed by atoms with E-state index in [0.717, 1.165) is 4.88 Å². The van der Waals surface area contributed by atoms with E-state index in [1.807, 2.05) is 11.4 Å². The summed E-state index contributed by atoms with van der Waals surface area (Å²) in [5.74, 6) is 0.00250. The van der Waals surface area contributed by atoms with Crippen molar-refractivity contribution < 1.29 is 9.59 Å². The second-order valence-corrected chi connectivity index (χ2v) is 7.39. The molecule has 2 heterocycles. The molecule has 0 spiro atoms. The molecule has 0 amide bonds. The van der Waals surface area contributed by atoms with Crippen molar-refractivity contribution in [2.24, 2.45) is 0 Å². The van der Waals surface area contributed by atoms with Crippen molar-refractivity contribution in [3.8, 4) is 0 Å². The minimum absolute atomic E-state index is 0.00125. The molecule has 1 aliphatic rings. The lowest BCUT2D eigenvalue weighted by atomic mass is 9.91. The first-order chi connectivity index (χ1) is 8.39. The summed E-state index contributed by atoms with van der Waals surface area (Å²) >= 11 is 2.81. The Morgan fingerprint density at radius 3 is 2.33 bits per heavy atom. The summed E-state index contributed by atoms with van der Waals surface area (Å²) in [5.41, 5.74) is 1.13. The van der Waals surface area contributed by atoms with Crippen LogP contribution in [0.3, 0.4) is 0 Å². The summed E-state index contributed by atoms with van der Waals surface area (Å²) in [7, 11) is 0. The number of hydrogen-bond acceptors (Lipinski definition) is 4. The van der Waals surface area contributed by atoms with E-state index in [0.29, 0.717) is 20.9 Å². The number of hydrogen-bond donors (Lipinski definition) is 0. The molecule has 0 aromatic carbocycles. The number of carbonyl (C=O) groups excluding carboxylic acids is 2. The quantitative estimate of drug-likeness (QED) is 0.624. The van der Waals surface area contributed by atoms with Crippen molar-refractivity contribution in [3.63, 3.8) is 0 Å². The van der Waals surface area contributed by atoms with Gasteiger partial charge in [-0.1, -0.05) is 20.8 Å². The smallest absolute Gasteiger partial charge is 0.205 e. The van der Waals surface area contributed by atoms with E-state index in [-0.39, 0.29) is 17.0 Å². The largest absolute Gasteiger partial charge is 0.288 e. The summed E-state index contributed by atoms with van der Waals surface area (Å²) in [6.07, 6.45) is 0. The lowest BCUT2D eigenvalue weighted by molar-refractivity contribution is 0.0986. The molecule has 4 heteroatoms. The molecule has 18 heavy (non-hydrogen) atoms. The van der Waals surface area contributed by atoms with Crippen molar-refractivity contribution in [1.82, 2.24) is 0 Å². The third-order valence-corrected chi connectivity index (χ3v) is 5.51. The minimum Gasteiger partial charge on any atom is -0.288 e. The lowest BCUT2D eigenvalue weighted by Crippen LogP contribution is -2.15. The number of ketones is 2. The molecule has 2 aromatic heterocycles. The van der Waals surface area contributed by atoms with Crippen LogP contribution in [0, 0.1) is 0 Å². The van der Waals surface area contributed by atoms with Crippen molar-refractivity contribution >= 4 is 34.2 Å². The molecule has 92 valence electrons. The van der Waals surface area contributed by atoms with E-state index in [1.165, 1.54) is 22.7 Å². The molecule has 0 bridgehead atoms. The molecule has 0 unspecified atom stereocenters. The van der Waals surface area contributed by atoms with Crippen LogP contribution in [-0.4, -0.2) is 11.6 Å². The lowest BCUT2D eigenvalue weighted by Gasteiger charge is -2.15. The van der Waals surface area contributed by atoms with Crippen LogP contribution < -0.4 is 0 Å². The Morgan fingerprint density at radius 1 is 1.00 bits per heavy atom. The molecule has 0 N–H and O–H groups in total. The molecular weight excluding hydrogens is 264 g/mol. The third-order valence-electron chi connectivity index (χ3n) is 3.04. The fraction of sp³-hybridized carbons (Fsp3) is 0.286. The van der Waals surface area contributed by atoms with E-state index in [1.54, 1.807) is 6.07 Å². The van der Waals surface area contributed by atoms with Crippen molar-refractivity contribution in [2.45, 2.75) is 26.2 Å². The summed E-state index contributed by atoms with van der Waals surface area (Å²) in [6, 6.07) is 3.64. The predicted molar refractivity (Wildman–Crippen MR) is 74.2 cm³/mol. The fourth-order valence-electron chi connectivity index (χ4n) is 2.01. The summed E-state index contributed by atoms with van der Waals surface area (Å²) in [5, 5.41) is 1.81. The average molecular weight is 276 g/mol. The number of carbonyl (C=O) groups is 2. The Balaban J connectivity index is 2.23. The maximum absolute atomic E-state index is 12.3. The van der Waals surface area contributed by atoms with E-state index in [2.05, 4.69) is 20.8 Å². The summed E-state index contributed by atoms with van der Waals surface area (Å²) in [6.45, 7) is 6.28. The minimum atomic E-state index is -0.0318. The van der Waals surface area contributed by atoms with Gasteiger partial charge in [0.05, 0.1) is 9.75 Å². The van der Waals surface area contributed by atoms with Crippen LogP contribution in [-0.2, 0) is 5.41 Å². The van der Waals surface area contributed by atoms with Gasteiger partial charge >= 0.3 is 0 Å². The van der Waals surface area contributed by atoms with Crippen LogP contribution >= 0.6 is 22.7 Å². The van der Waals surface area contributed by atoms with Gasteiger partial charge in [-0.05, 0) is 22.9 Å². The molecule has 0 fully saturated rings. The van der Waals surface area contributed by atoms with Gasteiger partial charge in [-0.2, -0.15) is 0 Å². The SMILES string of the molecule is CC(C)(C)c1cc2c(s1)C(=O)c1ccsc1C2=O. The summed E-state index contributed by atoms with van der Waals surface area (Å²) in [4.78, 5) is 26.9. The Morgan fingerprint density at radius 2 is 1.67 bits per heavy atom. The molecule has 1 aliphatic carbocycles. The van der Waals surface area contributed by atoms with E-state index < -0.39 is 0 Å². The van der Waals surface area contributed by atoms with Gasteiger partial charge in [0.2, 0.25) is 11.6 Å². The highest BCUT2D eigenvalue weighted by atomic mass is 32.1. The third kappa shape index (κ3) is 1.52. The molecule has 0 radical (unpaired) electrons. The molecular formula is C14H12O2S2. The number of rotatable bonds is 0. The van der Waals surface area contributed by atoms with Crippen molar-refractivity contribution in [1.29, 1.82) is 0 Å². The van der Waals surface area contributed by atoms with E-state index >= 15 is 0 Å². The molecule has 0 saturated carbocycles. The zero-order chi connectivity index (χ0) is 13.1. The van der Waals surface area contributed by atoms with Gasteiger partial charge in [0.15, 0.2) is 0 Å². The van der Waals surface area contributed by atoms with Crippen LogP contribution in [0.2, 0.25) is 0 Å². The maximum atomic E-state index is 12.3. The van der Waals surface area contributed by atoms with Crippen LogP contribution in [0.25, 0.3) is 0 Å². The first-order valence-corrected chi connectivity index (χ1v) is 7.40. The highest BCUT2D eigenvalue weighted by Crippen LogP contribution is 2.39. The average Bonchev–Trinajstić information content (AvgIpc) is 2.91. The molecule has 0 saturated heterocycles. The highest BCUT2D eigenvalue weighted by Gasteiger charge is 2.34. The van der Waals surface area contributed by atoms with Gasteiger partial charge < -0.3 is 0 Å². The number of fused-ring (bicyclic) bond motifs is 2. The highest BCUT2D eigenvalue weighted by molar-refractivity contribution is 7.16. The van der Waals surface area contributed by atoms with Gasteiger partial charge in [0.1, 0.15) is 0 Å². The zero-order valence-corrected chi connectivity index (χ0v) is 12.0. The standard InChI is InChI=1S/C14H12O2S2/c1-14(2,3)9-6-8-11(16)12-7(4-5-17-12)10(15)13(8)18-9/h4-6H,1-3H3. The Hall–Kier alpha value is -1.26. The van der Waals surface area contributed by atoms with Gasteiger partial charge in [-0.15, -0.1) is 22.7 Å². The van der Waals surface area contributed by atoms with Gasteiger partial charge in [0, 0.05) is 16.0 Å². The van der Waals surface area contributed by atoms with Gasteiger partial charge in [-0.3, -0.25) is 9.59 Å². The van der Waals surface area contributed by atoms with Gasteiger partial charge in [-0.25, -0.2) is 0 Å². The predicted octanol–water partition coefficient (Wildman–Crippen LogP) is 3.88. The molecule has 0 atom stereocenters. The molecule has 0 aliphatic heterocycles. The first-order valence-electron chi connectivity index (χ1n) is 5.71. The van der Waals surface area contributed by atoms with Gasteiger partial charge in [0.25, 0.3) is 0 Å². The van der Waals surface area contributed by atoms with Crippen molar-refractivity contribution in [3.05, 3.63) is 43.3 Å². The maximum Gasteiger partial charge on any atom is 0.205 e. The Bertz CT molecular complexity index is 620. The van der Waals surface area contributed by atoms with Crippen LogP contribution in [0.15, 0.2) is 17.5 Å². The topological polar surface area (TPSA) is 34.1 Å². The van der Waals surface area contributed by atoms with Crippen LogP contribution in [0.1, 0.15) is 56.1 Å². The molecule has 3 rings (SSSR count). The zero-order valence-electron chi connectivity index (χ0n) is 10.4. The van der Waals surface area contributed by atoms with E-state index in [9.17, 15) is 9.59 Å². The van der Waals surface area contributed by atoms with Crippen LogP contribution in [0.4, 0.5) is 0 Å². The summed E-state index contributed by atoms with van der Waals surface area (Å²) < 4.78 is 0.